The van der Waals surface area contributed by atoms with Crippen molar-refractivity contribution in [3.63, 3.8) is 0 Å². The molecule has 3 aliphatic rings. The van der Waals surface area contributed by atoms with Crippen LogP contribution in [0, 0.1) is 11.3 Å². The van der Waals surface area contributed by atoms with Gasteiger partial charge >= 0.3 is 0 Å². The number of hydrogen-bond acceptors (Lipinski definition) is 7. The smallest absolute Gasteiger partial charge is 0.296 e. The molecule has 0 radical (unpaired) electrons. The Morgan fingerprint density at radius 3 is 2.67 bits per heavy atom. The number of rotatable bonds is 5. The molecule has 2 saturated carbocycles. The zero-order chi connectivity index (χ0) is 23.2. The van der Waals surface area contributed by atoms with Gasteiger partial charge in [0.2, 0.25) is 0 Å². The minimum atomic E-state index is -3.71. The minimum absolute atomic E-state index is 0.0633. The van der Waals surface area contributed by atoms with Crippen LogP contribution in [-0.4, -0.2) is 48.1 Å². The fourth-order valence-electron chi connectivity index (χ4n) is 5.94. The molecule has 2 aliphatic carbocycles. The number of halogens is 1. The van der Waals surface area contributed by atoms with E-state index >= 15 is 0 Å². The van der Waals surface area contributed by atoms with Crippen LogP contribution < -0.4 is 0 Å². The number of aromatic nitrogens is 3. The molecule has 8 nitrogen and oxygen atoms in total. The van der Waals surface area contributed by atoms with E-state index in [1.807, 2.05) is 38.2 Å². The zero-order valence-electron chi connectivity index (χ0n) is 18.4. The monoisotopic (exact) mass is 489 g/mol. The molecule has 0 N–H and O–H groups in total. The molecule has 0 amide bonds. The third-order valence-corrected chi connectivity index (χ3v) is 8.96. The van der Waals surface area contributed by atoms with Crippen molar-refractivity contribution >= 4 is 32.8 Å². The van der Waals surface area contributed by atoms with E-state index in [1.54, 1.807) is 12.1 Å². The van der Waals surface area contributed by atoms with Gasteiger partial charge in [0.05, 0.1) is 29.5 Å². The standard InChI is InChI=1S/C23H24ClN3O5S/c1-22(2)31-18-17(27-9-8-15-20(24)25-12-26-21(15)27)16-11-23(16,19(18)32-22)10-13-4-6-14(7-5-13)33(28,29)30-3/h4-9,12,16-19H,10-11H2,1-3H3/t16-,17-,18+,19+,23+/m1/s1. The minimum Gasteiger partial charge on any atom is -0.344 e. The SMILES string of the molecule is COS(=O)(=O)c1ccc(C[C@]23C[C@@H]2[C@@H](n2ccc4c(Cl)ncnc42)[C@@H]2OC(C)(C)O[C@@H]23)cc1. The van der Waals surface area contributed by atoms with Gasteiger partial charge in [-0.25, -0.2) is 9.97 Å². The van der Waals surface area contributed by atoms with Crippen LogP contribution in [0.4, 0.5) is 0 Å². The van der Waals surface area contributed by atoms with E-state index in [1.165, 1.54) is 6.33 Å². The molecule has 3 aromatic rings. The van der Waals surface area contributed by atoms with Crippen molar-refractivity contribution in [2.75, 3.05) is 7.11 Å². The largest absolute Gasteiger partial charge is 0.344 e. The molecule has 33 heavy (non-hydrogen) atoms. The summed E-state index contributed by atoms with van der Waals surface area (Å²) in [6.45, 7) is 3.90. The third-order valence-electron chi connectivity index (χ3n) is 7.37. The quantitative estimate of drug-likeness (QED) is 0.398. The Morgan fingerprint density at radius 2 is 1.94 bits per heavy atom. The summed E-state index contributed by atoms with van der Waals surface area (Å²) in [5, 5.41) is 1.26. The summed E-state index contributed by atoms with van der Waals surface area (Å²) in [5.74, 6) is -0.338. The fourth-order valence-corrected chi connectivity index (χ4v) is 6.79. The van der Waals surface area contributed by atoms with Crippen molar-refractivity contribution in [1.29, 1.82) is 0 Å². The first-order valence-electron chi connectivity index (χ1n) is 10.9. The number of ether oxygens (including phenoxy) is 2. The molecule has 174 valence electrons. The predicted octanol–water partition coefficient (Wildman–Crippen LogP) is 3.74. The van der Waals surface area contributed by atoms with Crippen molar-refractivity contribution in [3.05, 3.63) is 53.6 Å². The summed E-state index contributed by atoms with van der Waals surface area (Å²) in [4.78, 5) is 8.75. The summed E-state index contributed by atoms with van der Waals surface area (Å²) in [7, 11) is -2.55. The fraction of sp³-hybridized carbons (Fsp3) is 0.478. The van der Waals surface area contributed by atoms with Gasteiger partial charge in [-0.1, -0.05) is 23.7 Å². The van der Waals surface area contributed by atoms with Crippen molar-refractivity contribution in [2.24, 2.45) is 11.3 Å². The van der Waals surface area contributed by atoms with Crippen molar-refractivity contribution in [1.82, 2.24) is 14.5 Å². The van der Waals surface area contributed by atoms with Crippen LogP contribution in [0.1, 0.15) is 31.9 Å². The molecular weight excluding hydrogens is 466 g/mol. The van der Waals surface area contributed by atoms with E-state index < -0.39 is 15.9 Å². The molecule has 5 atom stereocenters. The molecule has 1 aliphatic heterocycles. The predicted molar refractivity (Wildman–Crippen MR) is 120 cm³/mol. The normalized spacial score (nSPS) is 32.1. The number of benzene rings is 1. The number of hydrogen-bond donors (Lipinski definition) is 0. The number of nitrogens with zero attached hydrogens (tertiary/aromatic N) is 3. The zero-order valence-corrected chi connectivity index (χ0v) is 20.0. The average molecular weight is 490 g/mol. The molecule has 1 saturated heterocycles. The van der Waals surface area contributed by atoms with E-state index in [2.05, 4.69) is 18.7 Å². The van der Waals surface area contributed by atoms with Crippen LogP contribution in [0.15, 0.2) is 47.8 Å². The van der Waals surface area contributed by atoms with Gasteiger partial charge in [0, 0.05) is 11.6 Å². The lowest BCUT2D eigenvalue weighted by Gasteiger charge is -2.24. The topological polar surface area (TPSA) is 92.5 Å². The second-order valence-electron chi connectivity index (χ2n) is 9.62. The van der Waals surface area contributed by atoms with E-state index in [0.29, 0.717) is 11.1 Å². The highest BCUT2D eigenvalue weighted by atomic mass is 35.5. The first-order chi connectivity index (χ1) is 15.7. The van der Waals surface area contributed by atoms with Gasteiger partial charge in [-0.15, -0.1) is 0 Å². The highest BCUT2D eigenvalue weighted by Crippen LogP contribution is 2.72. The molecule has 6 rings (SSSR count). The van der Waals surface area contributed by atoms with Crippen LogP contribution in [0.3, 0.4) is 0 Å². The van der Waals surface area contributed by atoms with Gasteiger partial charge in [-0.2, -0.15) is 8.42 Å². The van der Waals surface area contributed by atoms with E-state index in [9.17, 15) is 8.42 Å². The van der Waals surface area contributed by atoms with Crippen molar-refractivity contribution in [2.45, 2.75) is 55.6 Å². The first-order valence-corrected chi connectivity index (χ1v) is 12.7. The van der Waals surface area contributed by atoms with E-state index in [-0.39, 0.29) is 28.6 Å². The van der Waals surface area contributed by atoms with E-state index in [0.717, 1.165) is 36.5 Å². The Hall–Kier alpha value is -2.04. The molecule has 0 unspecified atom stereocenters. The summed E-state index contributed by atoms with van der Waals surface area (Å²) < 4.78 is 43.6. The molecular formula is C23H24ClN3O5S. The molecule has 10 heteroatoms. The van der Waals surface area contributed by atoms with Crippen LogP contribution in [-0.2, 0) is 30.2 Å². The Balaban J connectivity index is 1.36. The second kappa shape index (κ2) is 6.99. The lowest BCUT2D eigenvalue weighted by molar-refractivity contribution is -0.161. The van der Waals surface area contributed by atoms with Gasteiger partial charge in [-0.3, -0.25) is 4.18 Å². The maximum absolute atomic E-state index is 12.0. The Labute approximate surface area is 197 Å². The highest BCUT2D eigenvalue weighted by molar-refractivity contribution is 7.86. The van der Waals surface area contributed by atoms with Crippen molar-refractivity contribution in [3.8, 4) is 0 Å². The van der Waals surface area contributed by atoms with Crippen LogP contribution >= 0.6 is 11.6 Å². The average Bonchev–Trinajstić information content (AvgIpc) is 3.03. The molecule has 3 fully saturated rings. The van der Waals surface area contributed by atoms with Crippen LogP contribution in [0.25, 0.3) is 11.0 Å². The third kappa shape index (κ3) is 3.17. The van der Waals surface area contributed by atoms with Gasteiger partial charge in [0.25, 0.3) is 10.1 Å². The maximum atomic E-state index is 12.0. The molecule has 0 spiro atoms. The molecule has 3 heterocycles. The van der Waals surface area contributed by atoms with Crippen LogP contribution in [0.5, 0.6) is 0 Å². The summed E-state index contributed by atoms with van der Waals surface area (Å²) in [6.07, 6.45) is 5.09. The maximum Gasteiger partial charge on any atom is 0.296 e. The molecule has 1 aromatic carbocycles. The lowest BCUT2D eigenvalue weighted by Crippen LogP contribution is -2.32. The highest BCUT2D eigenvalue weighted by Gasteiger charge is 2.75. The Kier molecular flexibility index (Phi) is 4.55. The van der Waals surface area contributed by atoms with Gasteiger partial charge in [0.1, 0.15) is 23.2 Å². The van der Waals surface area contributed by atoms with Crippen molar-refractivity contribution < 1.29 is 22.1 Å². The van der Waals surface area contributed by atoms with Gasteiger partial charge in [-0.05, 0) is 56.4 Å². The summed E-state index contributed by atoms with van der Waals surface area (Å²) >= 11 is 6.30. The second-order valence-corrected chi connectivity index (χ2v) is 11.7. The summed E-state index contributed by atoms with van der Waals surface area (Å²) in [6, 6.07) is 8.92. The first kappa shape index (κ1) is 21.5. The number of fused-ring (bicyclic) bond motifs is 4. The Bertz CT molecular complexity index is 1360. The van der Waals surface area contributed by atoms with Crippen LogP contribution in [0.2, 0.25) is 5.15 Å². The molecule has 2 aromatic heterocycles. The Morgan fingerprint density at radius 1 is 1.18 bits per heavy atom. The lowest BCUT2D eigenvalue weighted by atomic mass is 9.91. The van der Waals surface area contributed by atoms with E-state index in [4.69, 9.17) is 21.1 Å². The summed E-state index contributed by atoms with van der Waals surface area (Å²) in [5.41, 5.74) is 1.77. The van der Waals surface area contributed by atoms with Gasteiger partial charge in [0.15, 0.2) is 5.79 Å². The van der Waals surface area contributed by atoms with Gasteiger partial charge < -0.3 is 14.0 Å². The molecule has 0 bridgehead atoms.